The van der Waals surface area contributed by atoms with E-state index < -0.39 is 0 Å². The van der Waals surface area contributed by atoms with E-state index in [0.29, 0.717) is 18.0 Å². The summed E-state index contributed by atoms with van der Waals surface area (Å²) in [5.41, 5.74) is 9.16. The summed E-state index contributed by atoms with van der Waals surface area (Å²) in [4.78, 5) is 4.60. The normalized spacial score (nSPS) is 11.2. The van der Waals surface area contributed by atoms with E-state index in [0.717, 1.165) is 22.6 Å². The van der Waals surface area contributed by atoms with Crippen molar-refractivity contribution >= 4 is 17.2 Å². The highest BCUT2D eigenvalue weighted by Crippen LogP contribution is 2.26. The number of fused-ring (bicyclic) bond motifs is 1. The second kappa shape index (κ2) is 5.23. The Morgan fingerprint density at radius 3 is 2.60 bits per heavy atom. The highest BCUT2D eigenvalue weighted by molar-refractivity contribution is 6.30. The third kappa shape index (κ3) is 2.28. The molecule has 0 aliphatic rings. The van der Waals surface area contributed by atoms with Crippen molar-refractivity contribution in [2.45, 2.75) is 6.42 Å². The summed E-state index contributed by atoms with van der Waals surface area (Å²) in [6, 6.07) is 9.95. The first-order valence-corrected chi connectivity index (χ1v) is 6.69. The first-order valence-electron chi connectivity index (χ1n) is 6.31. The predicted octanol–water partition coefficient (Wildman–Crippen LogP) is 3.30. The van der Waals surface area contributed by atoms with E-state index in [1.54, 1.807) is 18.2 Å². The van der Waals surface area contributed by atoms with Crippen molar-refractivity contribution in [3.8, 4) is 11.3 Å². The average Bonchev–Trinajstić information content (AvgIpc) is 2.79. The Kier molecular flexibility index (Phi) is 3.42. The third-order valence-electron chi connectivity index (χ3n) is 3.18. The second-order valence-electron chi connectivity index (χ2n) is 4.53. The van der Waals surface area contributed by atoms with Gasteiger partial charge in [0.15, 0.2) is 0 Å². The van der Waals surface area contributed by atoms with Gasteiger partial charge in [-0.3, -0.25) is 0 Å². The molecule has 2 N–H and O–H groups in total. The van der Waals surface area contributed by atoms with E-state index in [1.807, 2.05) is 16.7 Å². The van der Waals surface area contributed by atoms with Crippen molar-refractivity contribution in [3.05, 3.63) is 59.1 Å². The maximum absolute atomic E-state index is 13.0. The summed E-state index contributed by atoms with van der Waals surface area (Å²) in [5.74, 6) is -0.263. The quantitative estimate of drug-likeness (QED) is 0.804. The monoisotopic (exact) mass is 289 g/mol. The van der Waals surface area contributed by atoms with Crippen LogP contribution >= 0.6 is 11.6 Å². The van der Waals surface area contributed by atoms with Crippen LogP contribution in [0.5, 0.6) is 0 Å². The molecule has 20 heavy (non-hydrogen) atoms. The number of nitrogens with zero attached hydrogens (tertiary/aromatic N) is 2. The Bertz CT molecular complexity index is 750. The fraction of sp³-hybridized carbons (Fsp3) is 0.133. The molecule has 102 valence electrons. The molecule has 1 aromatic carbocycles. The molecule has 3 nitrogen and oxygen atoms in total. The Balaban J connectivity index is 2.23. The van der Waals surface area contributed by atoms with Crippen LogP contribution in [0.4, 0.5) is 4.39 Å². The SMILES string of the molecule is NCCc1c(-c2ccc(F)cc2)nc2ccc(Cl)cn12. The molecule has 0 bridgehead atoms. The maximum Gasteiger partial charge on any atom is 0.137 e. The van der Waals surface area contributed by atoms with Gasteiger partial charge in [-0.15, -0.1) is 0 Å². The van der Waals surface area contributed by atoms with Crippen LogP contribution in [-0.4, -0.2) is 15.9 Å². The number of imidazole rings is 1. The van der Waals surface area contributed by atoms with Crippen LogP contribution in [0.3, 0.4) is 0 Å². The molecule has 0 radical (unpaired) electrons. The predicted molar refractivity (Wildman–Crippen MR) is 78.4 cm³/mol. The van der Waals surface area contributed by atoms with Crippen molar-refractivity contribution in [1.29, 1.82) is 0 Å². The van der Waals surface area contributed by atoms with Gasteiger partial charge in [0, 0.05) is 18.2 Å². The maximum atomic E-state index is 13.0. The molecule has 0 aliphatic heterocycles. The number of hydrogen-bond donors (Lipinski definition) is 1. The van der Waals surface area contributed by atoms with Crippen LogP contribution < -0.4 is 5.73 Å². The highest BCUT2D eigenvalue weighted by atomic mass is 35.5. The van der Waals surface area contributed by atoms with Gasteiger partial charge in [0.05, 0.1) is 16.4 Å². The fourth-order valence-electron chi connectivity index (χ4n) is 2.28. The van der Waals surface area contributed by atoms with Crippen molar-refractivity contribution in [2.24, 2.45) is 5.73 Å². The smallest absolute Gasteiger partial charge is 0.137 e. The lowest BCUT2D eigenvalue weighted by molar-refractivity contribution is 0.628. The van der Waals surface area contributed by atoms with Crippen LogP contribution in [0.25, 0.3) is 16.9 Å². The van der Waals surface area contributed by atoms with E-state index in [2.05, 4.69) is 4.98 Å². The lowest BCUT2D eigenvalue weighted by Crippen LogP contribution is -2.06. The molecular weight excluding hydrogens is 277 g/mol. The number of pyridine rings is 1. The number of halogens is 2. The molecule has 2 aromatic heterocycles. The van der Waals surface area contributed by atoms with Gasteiger partial charge in [-0.1, -0.05) is 11.6 Å². The Morgan fingerprint density at radius 2 is 1.90 bits per heavy atom. The van der Waals surface area contributed by atoms with Crippen LogP contribution in [0.1, 0.15) is 5.69 Å². The number of aromatic nitrogens is 2. The standard InChI is InChI=1S/C15H13ClFN3/c16-11-3-6-14-19-15(10-1-4-12(17)5-2-10)13(7-8-18)20(14)9-11/h1-6,9H,7-8,18H2. The van der Waals surface area contributed by atoms with Crippen molar-refractivity contribution in [2.75, 3.05) is 6.54 Å². The Hall–Kier alpha value is -1.91. The molecule has 0 saturated carbocycles. The summed E-state index contributed by atoms with van der Waals surface area (Å²) >= 11 is 6.04. The summed E-state index contributed by atoms with van der Waals surface area (Å²) in [6.07, 6.45) is 2.50. The van der Waals surface area contributed by atoms with Gasteiger partial charge in [-0.2, -0.15) is 0 Å². The van der Waals surface area contributed by atoms with Crippen molar-refractivity contribution in [3.63, 3.8) is 0 Å². The first kappa shape index (κ1) is 13.1. The zero-order valence-electron chi connectivity index (χ0n) is 10.7. The summed E-state index contributed by atoms with van der Waals surface area (Å²) in [6.45, 7) is 0.508. The summed E-state index contributed by atoms with van der Waals surface area (Å²) in [7, 11) is 0. The molecule has 3 rings (SSSR count). The topological polar surface area (TPSA) is 43.3 Å². The van der Waals surface area contributed by atoms with Crippen LogP contribution in [0, 0.1) is 5.82 Å². The average molecular weight is 290 g/mol. The van der Waals surface area contributed by atoms with Gasteiger partial charge >= 0.3 is 0 Å². The van der Waals surface area contributed by atoms with Gasteiger partial charge in [0.25, 0.3) is 0 Å². The molecule has 0 fully saturated rings. The fourth-order valence-corrected chi connectivity index (χ4v) is 2.44. The van der Waals surface area contributed by atoms with E-state index in [4.69, 9.17) is 17.3 Å². The van der Waals surface area contributed by atoms with Crippen LogP contribution in [0.15, 0.2) is 42.6 Å². The molecule has 0 spiro atoms. The van der Waals surface area contributed by atoms with Gasteiger partial charge in [0.2, 0.25) is 0 Å². The molecule has 0 amide bonds. The Morgan fingerprint density at radius 1 is 1.15 bits per heavy atom. The van der Waals surface area contributed by atoms with Crippen LogP contribution in [0.2, 0.25) is 5.02 Å². The first-order chi connectivity index (χ1) is 9.69. The summed E-state index contributed by atoms with van der Waals surface area (Å²) in [5, 5.41) is 0.638. The molecule has 0 saturated heterocycles. The second-order valence-corrected chi connectivity index (χ2v) is 4.96. The van der Waals surface area contributed by atoms with Crippen LogP contribution in [-0.2, 0) is 6.42 Å². The molecule has 2 heterocycles. The van der Waals surface area contributed by atoms with Crippen molar-refractivity contribution in [1.82, 2.24) is 9.38 Å². The minimum atomic E-state index is -0.263. The molecule has 0 unspecified atom stereocenters. The van der Waals surface area contributed by atoms with E-state index in [-0.39, 0.29) is 5.82 Å². The van der Waals surface area contributed by atoms with Gasteiger partial charge in [-0.05, 0) is 42.9 Å². The third-order valence-corrected chi connectivity index (χ3v) is 3.40. The van der Waals surface area contributed by atoms with Gasteiger partial charge < -0.3 is 10.1 Å². The lowest BCUT2D eigenvalue weighted by Gasteiger charge is -2.04. The lowest BCUT2D eigenvalue weighted by atomic mass is 10.1. The molecule has 3 aromatic rings. The molecule has 5 heteroatoms. The van der Waals surface area contributed by atoms with E-state index in [9.17, 15) is 4.39 Å². The van der Waals surface area contributed by atoms with Gasteiger partial charge in [-0.25, -0.2) is 9.37 Å². The van der Waals surface area contributed by atoms with Gasteiger partial charge in [0.1, 0.15) is 11.5 Å². The number of rotatable bonds is 3. The number of hydrogen-bond acceptors (Lipinski definition) is 2. The van der Waals surface area contributed by atoms with Crippen molar-refractivity contribution < 1.29 is 4.39 Å². The zero-order valence-corrected chi connectivity index (χ0v) is 11.4. The minimum Gasteiger partial charge on any atom is -0.330 e. The van der Waals surface area contributed by atoms with E-state index in [1.165, 1.54) is 12.1 Å². The zero-order chi connectivity index (χ0) is 14.1. The molecular formula is C15H13ClFN3. The highest BCUT2D eigenvalue weighted by Gasteiger charge is 2.13. The van der Waals surface area contributed by atoms with E-state index >= 15 is 0 Å². The summed E-state index contributed by atoms with van der Waals surface area (Å²) < 4.78 is 15.0. The largest absolute Gasteiger partial charge is 0.330 e. The Labute approximate surface area is 120 Å². The minimum absolute atomic E-state index is 0.263. The number of nitrogens with two attached hydrogens (primary N) is 1. The molecule has 0 aliphatic carbocycles. The number of benzene rings is 1. The molecule has 0 atom stereocenters.